The highest BCUT2D eigenvalue weighted by Gasteiger charge is 2.39. The zero-order chi connectivity index (χ0) is 27.8. The number of benzene rings is 1. The van der Waals surface area contributed by atoms with Gasteiger partial charge in [0.1, 0.15) is 17.8 Å². The molecule has 0 radical (unpaired) electrons. The van der Waals surface area contributed by atoms with Crippen LogP contribution >= 0.6 is 0 Å². The molecule has 206 valence electrons. The van der Waals surface area contributed by atoms with Crippen molar-refractivity contribution in [3.63, 3.8) is 0 Å². The number of hydrogen-bond acceptors (Lipinski definition) is 8. The summed E-state index contributed by atoms with van der Waals surface area (Å²) in [7, 11) is 0. The monoisotopic (exact) mass is 541 g/mol. The summed E-state index contributed by atoms with van der Waals surface area (Å²) in [6.07, 6.45) is -2.71. The minimum absolute atomic E-state index is 0.0809. The van der Waals surface area contributed by atoms with Gasteiger partial charge in [-0.25, -0.2) is 18.7 Å². The first kappa shape index (κ1) is 27.6. The number of oxazole rings is 1. The molecule has 3 heterocycles. The van der Waals surface area contributed by atoms with E-state index >= 15 is 4.39 Å². The average Bonchev–Trinajstić information content (AvgIpc) is 3.23. The van der Waals surface area contributed by atoms with Crippen LogP contribution in [0.25, 0.3) is 11.3 Å². The van der Waals surface area contributed by atoms with Crippen molar-refractivity contribution in [1.29, 1.82) is 0 Å². The van der Waals surface area contributed by atoms with Crippen molar-refractivity contribution in [1.82, 2.24) is 15.3 Å². The Bertz CT molecular complexity index is 1320. The first-order valence-electron chi connectivity index (χ1n) is 11.9. The van der Waals surface area contributed by atoms with Crippen LogP contribution in [0.3, 0.4) is 0 Å². The maximum atomic E-state index is 16.0. The Labute approximate surface area is 215 Å². The molecule has 8 nitrogen and oxygen atoms in total. The molecule has 0 aliphatic carbocycles. The molecule has 1 aliphatic heterocycles. The van der Waals surface area contributed by atoms with Crippen LogP contribution < -0.4 is 21.1 Å². The molecule has 0 amide bonds. The minimum Gasteiger partial charge on any atom is -0.474 e. The van der Waals surface area contributed by atoms with E-state index in [1.54, 1.807) is 13.8 Å². The molecule has 38 heavy (non-hydrogen) atoms. The second-order valence-electron chi connectivity index (χ2n) is 9.23. The van der Waals surface area contributed by atoms with E-state index in [2.05, 4.69) is 20.6 Å². The van der Waals surface area contributed by atoms with Crippen LogP contribution in [0, 0.1) is 25.5 Å². The van der Waals surface area contributed by atoms with Crippen LogP contribution in [0.15, 0.2) is 16.7 Å². The van der Waals surface area contributed by atoms with Crippen molar-refractivity contribution >= 4 is 11.4 Å². The Hall–Kier alpha value is -3.45. The summed E-state index contributed by atoms with van der Waals surface area (Å²) in [4.78, 5) is 8.20. The molecule has 3 aromatic rings. The maximum Gasteiger partial charge on any atom is 0.417 e. The molecule has 13 heteroatoms. The second kappa shape index (κ2) is 10.7. The van der Waals surface area contributed by atoms with Gasteiger partial charge in [0, 0.05) is 18.5 Å². The van der Waals surface area contributed by atoms with Gasteiger partial charge in [0.2, 0.25) is 5.88 Å². The molecule has 1 fully saturated rings. The van der Waals surface area contributed by atoms with Crippen molar-refractivity contribution in [3.8, 4) is 17.1 Å². The lowest BCUT2D eigenvalue weighted by Crippen LogP contribution is -2.45. The van der Waals surface area contributed by atoms with E-state index in [1.165, 1.54) is 6.26 Å². The topological polar surface area (TPSA) is 118 Å². The highest BCUT2D eigenvalue weighted by atomic mass is 19.4. The van der Waals surface area contributed by atoms with Gasteiger partial charge >= 0.3 is 6.18 Å². The van der Waals surface area contributed by atoms with Crippen molar-refractivity contribution in [2.75, 3.05) is 17.6 Å². The van der Waals surface area contributed by atoms with Crippen molar-refractivity contribution < 1.29 is 36.2 Å². The Morgan fingerprint density at radius 3 is 2.53 bits per heavy atom. The molecule has 0 bridgehead atoms. The molecule has 2 unspecified atom stereocenters. The van der Waals surface area contributed by atoms with E-state index in [1.807, 2.05) is 0 Å². The van der Waals surface area contributed by atoms with Crippen LogP contribution in [0.1, 0.15) is 48.0 Å². The summed E-state index contributed by atoms with van der Waals surface area (Å²) in [6.45, 7) is 4.30. The van der Waals surface area contributed by atoms with Gasteiger partial charge in [-0.05, 0) is 44.9 Å². The predicted molar refractivity (Wildman–Crippen MR) is 129 cm³/mol. The van der Waals surface area contributed by atoms with Crippen molar-refractivity contribution in [2.24, 2.45) is 0 Å². The number of aliphatic hydroxyl groups excluding tert-OH is 1. The number of aryl methyl sites for hydroxylation is 1. The summed E-state index contributed by atoms with van der Waals surface area (Å²) in [5, 5.41) is 16.1. The van der Waals surface area contributed by atoms with E-state index in [0.717, 1.165) is 19.9 Å². The van der Waals surface area contributed by atoms with Crippen LogP contribution in [-0.4, -0.2) is 33.8 Å². The molecule has 0 saturated carbocycles. The number of rotatable bonds is 9. The summed E-state index contributed by atoms with van der Waals surface area (Å²) >= 11 is 0. The number of alkyl halides is 3. The molecule has 5 N–H and O–H groups in total. The molecular formula is C25H28F5N5O3. The third-order valence-corrected chi connectivity index (χ3v) is 6.39. The fourth-order valence-corrected chi connectivity index (χ4v) is 4.41. The lowest BCUT2D eigenvalue weighted by atomic mass is 9.95. The fraction of sp³-hybridized carbons (Fsp3) is 0.440. The number of nitrogen functional groups attached to an aromatic ring is 1. The number of ether oxygens (including phenoxy) is 1. The number of halogens is 5. The number of nitrogens with two attached hydrogens (primary N) is 1. The van der Waals surface area contributed by atoms with Gasteiger partial charge < -0.3 is 30.6 Å². The molecule has 1 saturated heterocycles. The summed E-state index contributed by atoms with van der Waals surface area (Å²) in [5.74, 6) is -2.37. The number of aliphatic hydroxyl groups is 1. The first-order chi connectivity index (χ1) is 17.9. The van der Waals surface area contributed by atoms with E-state index in [-0.39, 0.29) is 29.7 Å². The van der Waals surface area contributed by atoms with Crippen molar-refractivity contribution in [3.05, 3.63) is 52.2 Å². The zero-order valence-corrected chi connectivity index (χ0v) is 21.0. The van der Waals surface area contributed by atoms with E-state index in [4.69, 9.17) is 14.9 Å². The maximum absolute atomic E-state index is 16.0. The smallest absolute Gasteiger partial charge is 0.417 e. The molecule has 1 aliphatic rings. The van der Waals surface area contributed by atoms with Gasteiger partial charge in [-0.15, -0.1) is 0 Å². The van der Waals surface area contributed by atoms with Crippen LogP contribution in [0.2, 0.25) is 0 Å². The van der Waals surface area contributed by atoms with Crippen LogP contribution in [0.5, 0.6) is 5.88 Å². The van der Waals surface area contributed by atoms with Crippen LogP contribution in [-0.2, 0) is 19.3 Å². The third kappa shape index (κ3) is 5.53. The number of anilines is 2. The first-order valence-corrected chi connectivity index (χ1v) is 11.9. The molecular weight excluding hydrogens is 513 g/mol. The lowest BCUT2D eigenvalue weighted by Gasteiger charge is -2.30. The Balaban J connectivity index is 1.88. The van der Waals surface area contributed by atoms with Gasteiger partial charge in [-0.2, -0.15) is 13.2 Å². The summed E-state index contributed by atoms with van der Waals surface area (Å²) in [5.41, 5.74) is 1.27. The molecule has 0 spiro atoms. The number of hydrogen-bond donors (Lipinski definition) is 4. The number of nitrogens with zero attached hydrogens (tertiary/aromatic N) is 2. The van der Waals surface area contributed by atoms with E-state index in [0.29, 0.717) is 24.1 Å². The summed E-state index contributed by atoms with van der Waals surface area (Å²) in [6, 6.07) is 0.887. The molecule has 2 atom stereocenters. The van der Waals surface area contributed by atoms with Gasteiger partial charge in [0.05, 0.1) is 47.5 Å². The van der Waals surface area contributed by atoms with Gasteiger partial charge in [-0.1, -0.05) is 0 Å². The fourth-order valence-electron chi connectivity index (χ4n) is 4.41. The minimum atomic E-state index is -5.05. The van der Waals surface area contributed by atoms with Gasteiger partial charge in [0.15, 0.2) is 11.7 Å². The zero-order valence-electron chi connectivity index (χ0n) is 21.0. The summed E-state index contributed by atoms with van der Waals surface area (Å²) < 4.78 is 83.7. The second-order valence-corrected chi connectivity index (χ2v) is 9.23. The lowest BCUT2D eigenvalue weighted by molar-refractivity contribution is -0.137. The van der Waals surface area contributed by atoms with Crippen molar-refractivity contribution in [2.45, 2.75) is 65.1 Å². The normalized spacial score (nSPS) is 16.3. The predicted octanol–water partition coefficient (Wildman–Crippen LogP) is 4.86. The average molecular weight is 542 g/mol. The quantitative estimate of drug-likeness (QED) is 0.224. The molecule has 4 rings (SSSR count). The number of nitrogens with one attached hydrogen (secondary N) is 2. The Morgan fingerprint density at radius 2 is 1.97 bits per heavy atom. The highest BCUT2D eigenvalue weighted by molar-refractivity contribution is 5.76. The number of aromatic nitrogens is 2. The SMILES string of the molecule is Cc1nc(CNc2c(F)c(-c3cc(N)c(F)c(C)c3C(F)(F)F)nc(OC(C)CC3CCN3)c2CO)co1. The Morgan fingerprint density at radius 1 is 1.26 bits per heavy atom. The molecule has 1 aromatic carbocycles. The third-order valence-electron chi connectivity index (χ3n) is 6.39. The standard InChI is InChI=1S/C25H28F5N5O3/c1-11(6-14-4-5-32-14)38-24-17(9-36)22(33-8-15-10-37-13(3)34-15)21(27)23(35-24)16-7-18(31)20(26)12(2)19(16)25(28,29)30/h7,10-11,14,32,36H,4-6,8-9,31H2,1-3H3,(H,33,35). The van der Waals surface area contributed by atoms with E-state index in [9.17, 15) is 22.7 Å². The Kier molecular flexibility index (Phi) is 7.79. The largest absolute Gasteiger partial charge is 0.474 e. The highest BCUT2D eigenvalue weighted by Crippen LogP contribution is 2.44. The van der Waals surface area contributed by atoms with Gasteiger partial charge in [-0.3, -0.25) is 0 Å². The number of pyridine rings is 1. The van der Waals surface area contributed by atoms with Crippen LogP contribution in [0.4, 0.5) is 33.3 Å². The molecule has 2 aromatic heterocycles. The van der Waals surface area contributed by atoms with Gasteiger partial charge in [0.25, 0.3) is 0 Å². The van der Waals surface area contributed by atoms with E-state index < -0.39 is 58.6 Å².